The Morgan fingerprint density at radius 1 is 1.29 bits per heavy atom. The number of rotatable bonds is 6. The van der Waals surface area contributed by atoms with Gasteiger partial charge in [-0.2, -0.15) is 0 Å². The minimum Gasteiger partial charge on any atom is -0.387 e. The maximum Gasteiger partial charge on any atom is 0.160 e. The third kappa shape index (κ3) is 4.26. The average molecular weight is 238 g/mol. The van der Waals surface area contributed by atoms with Crippen LogP contribution in [0.3, 0.4) is 0 Å². The van der Waals surface area contributed by atoms with Gasteiger partial charge in [-0.15, -0.1) is 0 Å². The predicted molar refractivity (Wildman–Crippen MR) is 63.4 cm³/mol. The van der Waals surface area contributed by atoms with Gasteiger partial charge in [0.25, 0.3) is 0 Å². The van der Waals surface area contributed by atoms with Gasteiger partial charge in [-0.1, -0.05) is 30.3 Å². The Morgan fingerprint density at radius 3 is 2.41 bits per heavy atom. The van der Waals surface area contributed by atoms with Gasteiger partial charge in [0, 0.05) is 0 Å². The van der Waals surface area contributed by atoms with Crippen LogP contribution >= 0.6 is 0 Å². The predicted octanol–water partition coefficient (Wildman–Crippen LogP) is 0.903. The fourth-order valence-electron chi connectivity index (χ4n) is 1.40. The standard InChI is InChI=1S/C13H18O4/c1-9(14)12(15)13(16)10(2)17-8-11-6-4-3-5-7-11/h3-7,10,12-13,15-16H,8H2,1-2H3/t10-,12-,13+/m0/s1. The van der Waals surface area contributed by atoms with E-state index in [0.29, 0.717) is 6.61 Å². The van der Waals surface area contributed by atoms with Crippen LogP contribution in [0.25, 0.3) is 0 Å². The van der Waals surface area contributed by atoms with E-state index in [0.717, 1.165) is 5.56 Å². The molecule has 0 bridgehead atoms. The summed E-state index contributed by atoms with van der Waals surface area (Å²) >= 11 is 0. The first-order valence-electron chi connectivity index (χ1n) is 5.54. The first kappa shape index (κ1) is 13.8. The van der Waals surface area contributed by atoms with Gasteiger partial charge in [0.2, 0.25) is 0 Å². The fourth-order valence-corrected chi connectivity index (χ4v) is 1.40. The molecule has 0 saturated heterocycles. The summed E-state index contributed by atoms with van der Waals surface area (Å²) in [6.45, 7) is 3.20. The van der Waals surface area contributed by atoms with Gasteiger partial charge in [0.1, 0.15) is 12.2 Å². The molecule has 0 fully saturated rings. The van der Waals surface area contributed by atoms with Gasteiger partial charge in [-0.05, 0) is 19.4 Å². The molecule has 17 heavy (non-hydrogen) atoms. The van der Waals surface area contributed by atoms with Crippen LogP contribution in [-0.4, -0.2) is 34.3 Å². The first-order valence-corrected chi connectivity index (χ1v) is 5.54. The van der Waals surface area contributed by atoms with Gasteiger partial charge in [-0.25, -0.2) is 0 Å². The van der Waals surface area contributed by atoms with E-state index in [2.05, 4.69) is 0 Å². The van der Waals surface area contributed by atoms with Crippen molar-refractivity contribution in [2.45, 2.75) is 38.8 Å². The smallest absolute Gasteiger partial charge is 0.160 e. The highest BCUT2D eigenvalue weighted by atomic mass is 16.5. The molecule has 4 heteroatoms. The molecule has 1 aromatic rings. The summed E-state index contributed by atoms with van der Waals surface area (Å²) in [6, 6.07) is 9.50. The molecule has 0 aromatic heterocycles. The molecule has 0 aliphatic heterocycles. The van der Waals surface area contributed by atoms with Crippen molar-refractivity contribution in [3.8, 4) is 0 Å². The van der Waals surface area contributed by atoms with Crippen molar-refractivity contribution in [2.24, 2.45) is 0 Å². The van der Waals surface area contributed by atoms with E-state index in [1.807, 2.05) is 30.3 Å². The number of carbonyl (C=O) groups is 1. The van der Waals surface area contributed by atoms with Crippen molar-refractivity contribution in [3.63, 3.8) is 0 Å². The van der Waals surface area contributed by atoms with Gasteiger partial charge >= 0.3 is 0 Å². The van der Waals surface area contributed by atoms with Gasteiger partial charge in [0.15, 0.2) is 5.78 Å². The minimum atomic E-state index is -1.39. The number of hydrogen-bond acceptors (Lipinski definition) is 4. The Balaban J connectivity index is 2.44. The lowest BCUT2D eigenvalue weighted by Gasteiger charge is -2.22. The lowest BCUT2D eigenvalue weighted by molar-refractivity contribution is -0.139. The monoisotopic (exact) mass is 238 g/mol. The van der Waals surface area contributed by atoms with Crippen LogP contribution in [0.5, 0.6) is 0 Å². The number of carbonyl (C=O) groups excluding carboxylic acids is 1. The molecule has 4 nitrogen and oxygen atoms in total. The van der Waals surface area contributed by atoms with Crippen LogP contribution < -0.4 is 0 Å². The number of hydrogen-bond donors (Lipinski definition) is 2. The molecule has 94 valence electrons. The first-order chi connectivity index (χ1) is 8.02. The summed E-state index contributed by atoms with van der Waals surface area (Å²) in [6.07, 6.45) is -3.19. The van der Waals surface area contributed by atoms with Crippen LogP contribution in [0.15, 0.2) is 30.3 Å². The Morgan fingerprint density at radius 2 is 1.88 bits per heavy atom. The topological polar surface area (TPSA) is 66.8 Å². The van der Waals surface area contributed by atoms with E-state index < -0.39 is 24.1 Å². The molecular formula is C13H18O4. The summed E-state index contributed by atoms with van der Waals surface area (Å²) in [5.74, 6) is -0.465. The van der Waals surface area contributed by atoms with Crippen LogP contribution in [0.2, 0.25) is 0 Å². The SMILES string of the molecule is CC(=O)[C@H](O)[C@H](O)[C@H](C)OCc1ccccc1. The molecule has 0 amide bonds. The zero-order chi connectivity index (χ0) is 12.8. The van der Waals surface area contributed by atoms with Crippen LogP contribution in [0, 0.1) is 0 Å². The second-order valence-electron chi connectivity index (χ2n) is 4.05. The summed E-state index contributed by atoms with van der Waals surface area (Å²) < 4.78 is 5.40. The summed E-state index contributed by atoms with van der Waals surface area (Å²) in [7, 11) is 0. The number of ketones is 1. The molecule has 0 aliphatic rings. The van der Waals surface area contributed by atoms with Crippen molar-refractivity contribution in [1.82, 2.24) is 0 Å². The van der Waals surface area contributed by atoms with E-state index in [1.54, 1.807) is 6.92 Å². The summed E-state index contributed by atoms with van der Waals surface area (Å²) in [5, 5.41) is 19.0. The third-order valence-electron chi connectivity index (χ3n) is 2.58. The van der Waals surface area contributed by atoms with Crippen LogP contribution in [0.4, 0.5) is 0 Å². The Hall–Kier alpha value is -1.23. The van der Waals surface area contributed by atoms with Crippen molar-refractivity contribution in [2.75, 3.05) is 0 Å². The molecule has 0 heterocycles. The zero-order valence-electron chi connectivity index (χ0n) is 10.0. The number of benzene rings is 1. The lowest BCUT2D eigenvalue weighted by Crippen LogP contribution is -2.41. The number of ether oxygens (including phenoxy) is 1. The summed E-state index contributed by atoms with van der Waals surface area (Å²) in [5.41, 5.74) is 0.976. The quantitative estimate of drug-likeness (QED) is 0.772. The lowest BCUT2D eigenvalue weighted by atomic mass is 10.1. The highest BCUT2D eigenvalue weighted by Crippen LogP contribution is 2.09. The van der Waals surface area contributed by atoms with E-state index in [1.165, 1.54) is 6.92 Å². The highest BCUT2D eigenvalue weighted by Gasteiger charge is 2.26. The number of Topliss-reactive ketones (excluding diaryl/α,β-unsaturated/α-hetero) is 1. The summed E-state index contributed by atoms with van der Waals surface area (Å²) in [4.78, 5) is 10.9. The van der Waals surface area contributed by atoms with E-state index >= 15 is 0 Å². The second-order valence-corrected chi connectivity index (χ2v) is 4.05. The maximum atomic E-state index is 10.9. The molecule has 0 spiro atoms. The Labute approximate surface area is 101 Å². The molecule has 0 aliphatic carbocycles. The molecule has 3 atom stereocenters. The molecule has 1 aromatic carbocycles. The molecule has 0 saturated carbocycles. The van der Waals surface area contributed by atoms with Crippen LogP contribution in [-0.2, 0) is 16.1 Å². The minimum absolute atomic E-state index is 0.337. The average Bonchev–Trinajstić information content (AvgIpc) is 2.35. The third-order valence-corrected chi connectivity index (χ3v) is 2.58. The van der Waals surface area contributed by atoms with Crippen LogP contribution in [0.1, 0.15) is 19.4 Å². The highest BCUT2D eigenvalue weighted by molar-refractivity contribution is 5.80. The molecule has 0 radical (unpaired) electrons. The van der Waals surface area contributed by atoms with E-state index in [-0.39, 0.29) is 0 Å². The maximum absolute atomic E-state index is 10.9. The second kappa shape index (κ2) is 6.49. The van der Waals surface area contributed by atoms with Crippen molar-refractivity contribution in [3.05, 3.63) is 35.9 Å². The molecule has 0 unspecified atom stereocenters. The van der Waals surface area contributed by atoms with E-state index in [9.17, 15) is 15.0 Å². The Bertz CT molecular complexity index is 350. The normalized spacial score (nSPS) is 16.2. The largest absolute Gasteiger partial charge is 0.387 e. The molecular weight excluding hydrogens is 220 g/mol. The van der Waals surface area contributed by atoms with Crippen molar-refractivity contribution < 1.29 is 19.7 Å². The molecule has 1 rings (SSSR count). The van der Waals surface area contributed by atoms with Gasteiger partial charge in [-0.3, -0.25) is 4.79 Å². The number of aliphatic hydroxyl groups is 2. The fraction of sp³-hybridized carbons (Fsp3) is 0.462. The van der Waals surface area contributed by atoms with Gasteiger partial charge < -0.3 is 14.9 Å². The van der Waals surface area contributed by atoms with E-state index in [4.69, 9.17) is 4.74 Å². The molecule has 2 N–H and O–H groups in total. The van der Waals surface area contributed by atoms with Crippen molar-refractivity contribution in [1.29, 1.82) is 0 Å². The zero-order valence-corrected chi connectivity index (χ0v) is 10.0. The van der Waals surface area contributed by atoms with Gasteiger partial charge in [0.05, 0.1) is 12.7 Å². The van der Waals surface area contributed by atoms with Crippen molar-refractivity contribution >= 4 is 5.78 Å². The number of aliphatic hydroxyl groups excluding tert-OH is 2. The Kier molecular flexibility index (Phi) is 5.28.